The van der Waals surface area contributed by atoms with Crippen LogP contribution >= 0.6 is 0 Å². The highest BCUT2D eigenvalue weighted by Gasteiger charge is 2.34. The van der Waals surface area contributed by atoms with Gasteiger partial charge in [0.05, 0.1) is 23.7 Å². The highest BCUT2D eigenvalue weighted by molar-refractivity contribution is 6.03. The van der Waals surface area contributed by atoms with Crippen LogP contribution in [0, 0.1) is 0 Å². The van der Waals surface area contributed by atoms with E-state index in [2.05, 4.69) is 37.1 Å². The van der Waals surface area contributed by atoms with E-state index < -0.39 is 17.6 Å². The Balaban J connectivity index is 1.24. The van der Waals surface area contributed by atoms with Crippen LogP contribution < -0.4 is 15.0 Å². The maximum Gasteiger partial charge on any atom is 0.419 e. The summed E-state index contributed by atoms with van der Waals surface area (Å²) in [5.74, 6) is 0.503. The number of hydrogen-bond donors (Lipinski definition) is 2. The Morgan fingerprint density at radius 1 is 1.00 bits per heavy atom. The number of rotatable bonds is 5. The molecule has 1 aliphatic rings. The number of carbonyl (C=O) groups is 1. The van der Waals surface area contributed by atoms with Gasteiger partial charge < -0.3 is 19.5 Å². The topological polar surface area (TPSA) is 90.8 Å². The third kappa shape index (κ3) is 4.81. The van der Waals surface area contributed by atoms with Crippen molar-refractivity contribution in [2.24, 2.45) is 0 Å². The summed E-state index contributed by atoms with van der Waals surface area (Å²) in [5.41, 5.74) is 2.08. The van der Waals surface area contributed by atoms with Gasteiger partial charge in [-0.05, 0) is 54.6 Å². The lowest BCUT2D eigenvalue weighted by atomic mass is 10.0. The number of imidazole rings is 2. The molecular weight excluding hydrogens is 523 g/mol. The van der Waals surface area contributed by atoms with Gasteiger partial charge >= 0.3 is 6.18 Å². The van der Waals surface area contributed by atoms with Crippen molar-refractivity contribution in [3.8, 4) is 16.9 Å². The fraction of sp³-hybridized carbons (Fsp3) is 0.250. The van der Waals surface area contributed by atoms with E-state index in [1.165, 1.54) is 13.2 Å². The standard InChI is InChI=1S/C28H26F3N7O2/c1-36-10-12-37(13-11-36)25-5-3-4-24-32-22(16-38(24)25)26(39)35-27-33-20-8-6-18(15-21(20)34-27)17-7-9-23(40-2)19(14-17)28(29,30)31/h3-9,14-16H,10-13H2,1-2H3,(H2,33,34,35,39). The molecule has 0 spiro atoms. The Kier molecular flexibility index (Phi) is 6.34. The largest absolute Gasteiger partial charge is 0.496 e. The summed E-state index contributed by atoms with van der Waals surface area (Å²) in [6, 6.07) is 14.8. The number of aromatic nitrogens is 4. The van der Waals surface area contributed by atoms with E-state index in [0.717, 1.165) is 38.1 Å². The number of nitrogens with zero attached hydrogens (tertiary/aromatic N) is 5. The van der Waals surface area contributed by atoms with Crippen LogP contribution in [0.1, 0.15) is 16.1 Å². The van der Waals surface area contributed by atoms with Crippen LogP contribution in [0.4, 0.5) is 24.9 Å². The molecule has 12 heteroatoms. The molecule has 0 atom stereocenters. The number of H-pyrrole nitrogens is 1. The molecule has 4 heterocycles. The molecule has 3 aromatic heterocycles. The lowest BCUT2D eigenvalue weighted by Crippen LogP contribution is -2.45. The second-order valence-corrected chi connectivity index (χ2v) is 9.71. The van der Waals surface area contributed by atoms with Crippen LogP contribution in [0.3, 0.4) is 0 Å². The van der Waals surface area contributed by atoms with Gasteiger partial charge in [-0.25, -0.2) is 9.97 Å². The van der Waals surface area contributed by atoms with Crippen LogP contribution in [-0.4, -0.2) is 70.5 Å². The number of methoxy groups -OCH3 is 1. The van der Waals surface area contributed by atoms with E-state index in [1.54, 1.807) is 30.5 Å². The number of fused-ring (bicyclic) bond motifs is 2. The minimum atomic E-state index is -4.56. The molecule has 206 valence electrons. The number of hydrogen-bond acceptors (Lipinski definition) is 6. The molecule has 0 saturated carbocycles. The molecule has 1 fully saturated rings. The normalized spacial score (nSPS) is 14.7. The fourth-order valence-corrected chi connectivity index (χ4v) is 4.93. The summed E-state index contributed by atoms with van der Waals surface area (Å²) in [7, 11) is 3.30. The van der Waals surface area contributed by atoms with Gasteiger partial charge in [-0.1, -0.05) is 18.2 Å². The van der Waals surface area contributed by atoms with Crippen molar-refractivity contribution in [3.63, 3.8) is 0 Å². The number of carbonyl (C=O) groups excluding carboxylic acids is 1. The number of ether oxygens (including phenoxy) is 1. The highest BCUT2D eigenvalue weighted by Crippen LogP contribution is 2.39. The number of pyridine rings is 1. The smallest absolute Gasteiger partial charge is 0.419 e. The first-order valence-corrected chi connectivity index (χ1v) is 12.7. The fourth-order valence-electron chi connectivity index (χ4n) is 4.93. The first kappa shape index (κ1) is 25.7. The molecule has 0 aliphatic carbocycles. The van der Waals surface area contributed by atoms with Crippen molar-refractivity contribution in [2.45, 2.75) is 6.18 Å². The molecule has 40 heavy (non-hydrogen) atoms. The summed E-state index contributed by atoms with van der Waals surface area (Å²) >= 11 is 0. The zero-order chi connectivity index (χ0) is 28.0. The number of piperazine rings is 1. The molecule has 2 aromatic carbocycles. The van der Waals surface area contributed by atoms with Crippen LogP contribution in [0.25, 0.3) is 27.8 Å². The number of anilines is 2. The van der Waals surface area contributed by atoms with Crippen LogP contribution in [-0.2, 0) is 6.18 Å². The monoisotopic (exact) mass is 549 g/mol. The molecule has 1 saturated heterocycles. The number of likely N-dealkylation sites (N-methyl/N-ethyl adjacent to an activating group) is 1. The third-order valence-electron chi connectivity index (χ3n) is 7.08. The van der Waals surface area contributed by atoms with Gasteiger partial charge in [0.15, 0.2) is 0 Å². The number of alkyl halides is 3. The SMILES string of the molecule is COc1ccc(-c2ccc3nc(NC(=O)c4cn5c(N6CCN(C)CC6)cccc5n4)[nH]c3c2)cc1C(F)(F)F. The van der Waals surface area contributed by atoms with Gasteiger partial charge in [-0.3, -0.25) is 14.5 Å². The van der Waals surface area contributed by atoms with Crippen molar-refractivity contribution in [2.75, 3.05) is 50.6 Å². The van der Waals surface area contributed by atoms with Crippen LogP contribution in [0.15, 0.2) is 60.8 Å². The first-order chi connectivity index (χ1) is 19.2. The predicted octanol–water partition coefficient (Wildman–Crippen LogP) is 4.91. The molecule has 2 N–H and O–H groups in total. The summed E-state index contributed by atoms with van der Waals surface area (Å²) in [6.45, 7) is 3.66. The van der Waals surface area contributed by atoms with E-state index in [1.807, 2.05) is 22.6 Å². The van der Waals surface area contributed by atoms with E-state index in [0.29, 0.717) is 27.8 Å². The zero-order valence-electron chi connectivity index (χ0n) is 21.8. The average Bonchev–Trinajstić information content (AvgIpc) is 3.56. The number of aromatic amines is 1. The van der Waals surface area contributed by atoms with E-state index in [4.69, 9.17) is 4.74 Å². The lowest BCUT2D eigenvalue weighted by Gasteiger charge is -2.34. The van der Waals surface area contributed by atoms with Gasteiger partial charge in [0.25, 0.3) is 5.91 Å². The Bertz CT molecular complexity index is 1720. The molecule has 9 nitrogen and oxygen atoms in total. The predicted molar refractivity (Wildman–Crippen MR) is 146 cm³/mol. The van der Waals surface area contributed by atoms with Gasteiger partial charge in [0.2, 0.25) is 5.95 Å². The van der Waals surface area contributed by atoms with Gasteiger partial charge in [-0.2, -0.15) is 13.2 Å². The molecular formula is C28H26F3N7O2. The maximum atomic E-state index is 13.5. The van der Waals surface area contributed by atoms with Gasteiger partial charge in [-0.15, -0.1) is 0 Å². The van der Waals surface area contributed by atoms with Gasteiger partial charge in [0.1, 0.15) is 22.9 Å². The van der Waals surface area contributed by atoms with Crippen LogP contribution in [0.5, 0.6) is 5.75 Å². The minimum absolute atomic E-state index is 0.208. The summed E-state index contributed by atoms with van der Waals surface area (Å²) in [4.78, 5) is 29.6. The second kappa shape index (κ2) is 9.87. The van der Waals surface area contributed by atoms with Crippen LogP contribution in [0.2, 0.25) is 0 Å². The molecule has 1 aliphatic heterocycles. The molecule has 0 radical (unpaired) electrons. The Labute approximate surface area is 227 Å². The maximum absolute atomic E-state index is 13.5. The van der Waals surface area contributed by atoms with Crippen molar-refractivity contribution in [1.29, 1.82) is 0 Å². The zero-order valence-corrected chi connectivity index (χ0v) is 21.8. The molecule has 0 bridgehead atoms. The lowest BCUT2D eigenvalue weighted by molar-refractivity contribution is -0.138. The Morgan fingerprint density at radius 2 is 1.75 bits per heavy atom. The van der Waals surface area contributed by atoms with E-state index in [9.17, 15) is 18.0 Å². The molecule has 1 amide bonds. The van der Waals surface area contributed by atoms with Crippen molar-refractivity contribution in [1.82, 2.24) is 24.3 Å². The highest BCUT2D eigenvalue weighted by atomic mass is 19.4. The van der Waals surface area contributed by atoms with Gasteiger partial charge in [0, 0.05) is 32.4 Å². The Morgan fingerprint density at radius 3 is 2.50 bits per heavy atom. The Hall–Kier alpha value is -4.58. The summed E-state index contributed by atoms with van der Waals surface area (Å²) in [6.07, 6.45) is -2.85. The number of benzene rings is 2. The number of amides is 1. The quantitative estimate of drug-likeness (QED) is 0.324. The average molecular weight is 550 g/mol. The first-order valence-electron chi connectivity index (χ1n) is 12.7. The molecule has 0 unspecified atom stereocenters. The minimum Gasteiger partial charge on any atom is -0.496 e. The van der Waals surface area contributed by atoms with E-state index >= 15 is 0 Å². The number of nitrogens with one attached hydrogen (secondary N) is 2. The van der Waals surface area contributed by atoms with Crippen molar-refractivity contribution >= 4 is 34.4 Å². The summed E-state index contributed by atoms with van der Waals surface area (Å²) in [5, 5.41) is 2.75. The molecule has 5 aromatic rings. The number of halogens is 3. The van der Waals surface area contributed by atoms with Crippen molar-refractivity contribution in [3.05, 3.63) is 72.1 Å². The van der Waals surface area contributed by atoms with Crippen molar-refractivity contribution < 1.29 is 22.7 Å². The van der Waals surface area contributed by atoms with E-state index in [-0.39, 0.29) is 17.4 Å². The second-order valence-electron chi connectivity index (χ2n) is 9.71. The third-order valence-corrected chi connectivity index (χ3v) is 7.08. The molecule has 6 rings (SSSR count). The summed E-state index contributed by atoms with van der Waals surface area (Å²) < 4.78 is 47.3.